The number of carbonyl (C=O) groups is 1. The highest BCUT2D eigenvalue weighted by molar-refractivity contribution is 7.89. The molecule has 0 heterocycles. The number of Topliss-reactive ketones (excluding diaryl/α,β-unsaturated/α-hetero) is 1. The SMILES string of the molecule is CC1(C)[C@@H]2CC[C@@]1(CS(=O)(=O)NC1CC3CCC1C3)C(=O)C2. The molecule has 4 aliphatic rings. The van der Waals surface area contributed by atoms with Crippen LogP contribution >= 0.6 is 0 Å². The Labute approximate surface area is 133 Å². The third kappa shape index (κ3) is 1.97. The maximum absolute atomic E-state index is 12.8. The Morgan fingerprint density at radius 3 is 2.45 bits per heavy atom. The number of hydrogen-bond donors (Lipinski definition) is 1. The standard InChI is InChI=1S/C17H27NO3S/c1-16(2)13-5-6-17(16,15(19)9-13)10-22(20,21)18-14-8-11-3-4-12(14)7-11/h11-14,18H,3-10H2,1-2H3/t11?,12?,13-,14?,17-/m1/s1. The molecule has 4 rings (SSSR count). The van der Waals surface area contributed by atoms with Gasteiger partial charge in [0.25, 0.3) is 0 Å². The largest absolute Gasteiger partial charge is 0.299 e. The van der Waals surface area contributed by atoms with Crippen LogP contribution in [0.1, 0.15) is 58.8 Å². The molecule has 1 N–H and O–H groups in total. The highest BCUT2D eigenvalue weighted by Crippen LogP contribution is 2.64. The van der Waals surface area contributed by atoms with Gasteiger partial charge < -0.3 is 0 Å². The first-order chi connectivity index (χ1) is 10.2. The van der Waals surface area contributed by atoms with Crippen LogP contribution < -0.4 is 4.72 Å². The zero-order valence-electron chi connectivity index (χ0n) is 13.6. The average Bonchev–Trinajstić information content (AvgIpc) is 3.10. The number of rotatable bonds is 4. The van der Waals surface area contributed by atoms with Gasteiger partial charge in [0.15, 0.2) is 0 Å². The number of ketones is 1. The van der Waals surface area contributed by atoms with E-state index >= 15 is 0 Å². The third-order valence-corrected chi connectivity index (χ3v) is 9.18. The van der Waals surface area contributed by atoms with Crippen molar-refractivity contribution in [1.82, 2.24) is 4.72 Å². The fourth-order valence-electron chi connectivity index (χ4n) is 6.09. The summed E-state index contributed by atoms with van der Waals surface area (Å²) in [6.07, 6.45) is 6.94. The van der Waals surface area contributed by atoms with E-state index in [9.17, 15) is 13.2 Å². The van der Waals surface area contributed by atoms with E-state index < -0.39 is 15.4 Å². The third-order valence-electron chi connectivity index (χ3n) is 7.64. The Hall–Kier alpha value is -0.420. The summed E-state index contributed by atoms with van der Waals surface area (Å²) >= 11 is 0. The predicted octanol–water partition coefficient (Wildman–Crippen LogP) is 2.49. The van der Waals surface area contributed by atoms with Crippen LogP contribution in [0.5, 0.6) is 0 Å². The number of nitrogens with one attached hydrogen (secondary N) is 1. The number of sulfonamides is 1. The lowest BCUT2D eigenvalue weighted by atomic mass is 9.70. The lowest BCUT2D eigenvalue weighted by Gasteiger charge is -2.36. The average molecular weight is 325 g/mol. The molecular weight excluding hydrogens is 298 g/mol. The second kappa shape index (κ2) is 4.56. The molecule has 0 aliphatic heterocycles. The minimum atomic E-state index is -3.39. The van der Waals surface area contributed by atoms with Gasteiger partial charge in [0.1, 0.15) is 5.78 Å². The monoisotopic (exact) mass is 325 g/mol. The first kappa shape index (κ1) is 15.1. The Kier molecular flexibility index (Phi) is 3.14. The van der Waals surface area contributed by atoms with Crippen LogP contribution in [0.4, 0.5) is 0 Å². The van der Waals surface area contributed by atoms with Crippen LogP contribution in [-0.4, -0.2) is 26.0 Å². The lowest BCUT2D eigenvalue weighted by Crippen LogP contribution is -2.48. The van der Waals surface area contributed by atoms with Gasteiger partial charge in [-0.1, -0.05) is 20.3 Å². The van der Waals surface area contributed by atoms with Crippen molar-refractivity contribution in [2.75, 3.05) is 5.75 Å². The van der Waals surface area contributed by atoms with Crippen molar-refractivity contribution in [3.63, 3.8) is 0 Å². The van der Waals surface area contributed by atoms with Crippen LogP contribution in [0.25, 0.3) is 0 Å². The number of fused-ring (bicyclic) bond motifs is 4. The molecule has 22 heavy (non-hydrogen) atoms. The van der Waals surface area contributed by atoms with Crippen molar-refractivity contribution in [2.24, 2.45) is 28.6 Å². The summed E-state index contributed by atoms with van der Waals surface area (Å²) < 4.78 is 28.5. The Bertz CT molecular complexity index is 611. The van der Waals surface area contributed by atoms with Gasteiger partial charge in [-0.3, -0.25) is 4.79 Å². The van der Waals surface area contributed by atoms with Crippen molar-refractivity contribution < 1.29 is 13.2 Å². The van der Waals surface area contributed by atoms with Crippen molar-refractivity contribution in [3.05, 3.63) is 0 Å². The van der Waals surface area contributed by atoms with E-state index in [4.69, 9.17) is 0 Å². The molecule has 5 heteroatoms. The minimum absolute atomic E-state index is 0.0101. The maximum atomic E-state index is 12.8. The van der Waals surface area contributed by atoms with Gasteiger partial charge in [0, 0.05) is 17.9 Å². The van der Waals surface area contributed by atoms with Gasteiger partial charge in [-0.2, -0.15) is 0 Å². The molecule has 124 valence electrons. The van der Waals surface area contributed by atoms with Gasteiger partial charge >= 0.3 is 0 Å². The van der Waals surface area contributed by atoms with Crippen LogP contribution in [0.15, 0.2) is 0 Å². The summed E-state index contributed by atoms with van der Waals surface area (Å²) in [5, 5.41) is 0. The molecular formula is C17H27NO3S. The Morgan fingerprint density at radius 2 is 1.95 bits per heavy atom. The molecule has 4 aliphatic carbocycles. The van der Waals surface area contributed by atoms with Crippen LogP contribution in [0.2, 0.25) is 0 Å². The Balaban J connectivity index is 1.53. The van der Waals surface area contributed by atoms with Gasteiger partial charge in [0.2, 0.25) is 10.0 Å². The topological polar surface area (TPSA) is 63.2 Å². The smallest absolute Gasteiger partial charge is 0.212 e. The molecule has 0 aromatic carbocycles. The lowest BCUT2D eigenvalue weighted by molar-refractivity contribution is -0.128. The first-order valence-electron chi connectivity index (χ1n) is 8.77. The van der Waals surface area contributed by atoms with Crippen molar-refractivity contribution in [2.45, 2.75) is 64.8 Å². The summed E-state index contributed by atoms with van der Waals surface area (Å²) in [6, 6.07) is 0.122. The second-order valence-electron chi connectivity index (χ2n) is 8.82. The highest BCUT2D eigenvalue weighted by atomic mass is 32.2. The normalized spacial score (nSPS) is 45.8. The predicted molar refractivity (Wildman–Crippen MR) is 84.7 cm³/mol. The van der Waals surface area contributed by atoms with E-state index in [-0.39, 0.29) is 23.0 Å². The number of carbonyl (C=O) groups excluding carboxylic acids is 1. The molecule has 0 aromatic heterocycles. The number of hydrogen-bond acceptors (Lipinski definition) is 3. The fraction of sp³-hybridized carbons (Fsp3) is 0.941. The van der Waals surface area contributed by atoms with Gasteiger partial charge in [0.05, 0.1) is 5.75 Å². The second-order valence-corrected chi connectivity index (χ2v) is 10.6. The van der Waals surface area contributed by atoms with Gasteiger partial charge in [-0.25, -0.2) is 13.1 Å². The quantitative estimate of drug-likeness (QED) is 0.864. The summed E-state index contributed by atoms with van der Waals surface area (Å²) in [7, 11) is -3.39. The van der Waals surface area contributed by atoms with E-state index in [1.54, 1.807) is 0 Å². The van der Waals surface area contributed by atoms with Gasteiger partial charge in [-0.05, 0) is 55.3 Å². The fourth-order valence-corrected chi connectivity index (χ4v) is 8.25. The highest BCUT2D eigenvalue weighted by Gasteiger charge is 2.65. The summed E-state index contributed by atoms with van der Waals surface area (Å²) in [5.74, 6) is 1.82. The van der Waals surface area contributed by atoms with Crippen LogP contribution in [0.3, 0.4) is 0 Å². The molecule has 4 bridgehead atoms. The zero-order valence-corrected chi connectivity index (χ0v) is 14.4. The molecule has 0 spiro atoms. The molecule has 0 aromatic rings. The molecule has 4 saturated carbocycles. The van der Waals surface area contributed by atoms with Crippen molar-refractivity contribution in [1.29, 1.82) is 0 Å². The molecule has 0 saturated heterocycles. The zero-order chi connectivity index (χ0) is 15.8. The maximum Gasteiger partial charge on any atom is 0.212 e. The summed E-state index contributed by atoms with van der Waals surface area (Å²) in [4.78, 5) is 12.5. The van der Waals surface area contributed by atoms with Crippen molar-refractivity contribution in [3.8, 4) is 0 Å². The summed E-state index contributed by atoms with van der Waals surface area (Å²) in [5.41, 5.74) is -0.811. The van der Waals surface area contributed by atoms with Crippen LogP contribution in [-0.2, 0) is 14.8 Å². The molecule has 5 atom stereocenters. The molecule has 3 unspecified atom stereocenters. The van der Waals surface area contributed by atoms with Gasteiger partial charge in [-0.15, -0.1) is 0 Å². The van der Waals surface area contributed by atoms with E-state index in [2.05, 4.69) is 18.6 Å². The summed E-state index contributed by atoms with van der Waals surface area (Å²) in [6.45, 7) is 4.20. The van der Waals surface area contributed by atoms with E-state index in [0.29, 0.717) is 18.3 Å². The van der Waals surface area contributed by atoms with E-state index in [1.165, 1.54) is 12.8 Å². The first-order valence-corrected chi connectivity index (χ1v) is 10.4. The van der Waals surface area contributed by atoms with Crippen molar-refractivity contribution >= 4 is 15.8 Å². The molecule has 4 fully saturated rings. The molecule has 0 amide bonds. The van der Waals surface area contributed by atoms with E-state index in [0.717, 1.165) is 31.6 Å². The molecule has 0 radical (unpaired) electrons. The van der Waals surface area contributed by atoms with E-state index in [1.807, 2.05) is 0 Å². The Morgan fingerprint density at radius 1 is 1.18 bits per heavy atom. The van der Waals surface area contributed by atoms with Crippen LogP contribution in [0, 0.1) is 28.6 Å². The minimum Gasteiger partial charge on any atom is -0.299 e. The molecule has 4 nitrogen and oxygen atoms in total.